The molecule has 0 aromatic carbocycles. The molecule has 1 atom stereocenters. The number of nitrogens with zero attached hydrogens (tertiary/aromatic N) is 2. The van der Waals surface area contributed by atoms with Crippen molar-refractivity contribution in [3.8, 4) is 0 Å². The summed E-state index contributed by atoms with van der Waals surface area (Å²) in [7, 11) is 0. The van der Waals surface area contributed by atoms with E-state index in [0.717, 1.165) is 22.9 Å². The SMILES string of the molecule is CCSc1ncc(CN[C@@H](CC)CO)cn1. The second kappa shape index (κ2) is 7.60. The summed E-state index contributed by atoms with van der Waals surface area (Å²) < 4.78 is 0. The Morgan fingerprint density at radius 1 is 1.38 bits per heavy atom. The number of aromatic nitrogens is 2. The van der Waals surface area contributed by atoms with E-state index < -0.39 is 0 Å². The summed E-state index contributed by atoms with van der Waals surface area (Å²) in [5.74, 6) is 0.986. The first-order chi connectivity index (χ1) is 7.80. The number of hydrogen-bond donors (Lipinski definition) is 2. The average Bonchev–Trinajstić information content (AvgIpc) is 2.33. The van der Waals surface area contributed by atoms with Crippen molar-refractivity contribution in [1.82, 2.24) is 15.3 Å². The van der Waals surface area contributed by atoms with Gasteiger partial charge < -0.3 is 10.4 Å². The number of rotatable bonds is 7. The van der Waals surface area contributed by atoms with Crippen LogP contribution in [0.3, 0.4) is 0 Å². The second-order valence-corrected chi connectivity index (χ2v) is 4.71. The maximum atomic E-state index is 9.02. The van der Waals surface area contributed by atoms with E-state index in [1.54, 1.807) is 11.8 Å². The first-order valence-electron chi connectivity index (χ1n) is 5.58. The van der Waals surface area contributed by atoms with Crippen LogP contribution in [0.15, 0.2) is 17.6 Å². The monoisotopic (exact) mass is 241 g/mol. The van der Waals surface area contributed by atoms with Gasteiger partial charge in [0.2, 0.25) is 0 Å². The van der Waals surface area contributed by atoms with Crippen molar-refractivity contribution >= 4 is 11.8 Å². The highest BCUT2D eigenvalue weighted by molar-refractivity contribution is 7.99. The second-order valence-electron chi connectivity index (χ2n) is 3.48. The molecule has 0 aliphatic rings. The van der Waals surface area contributed by atoms with Crippen molar-refractivity contribution in [2.24, 2.45) is 0 Å². The summed E-state index contributed by atoms with van der Waals surface area (Å²) in [4.78, 5) is 8.49. The fraction of sp³-hybridized carbons (Fsp3) is 0.636. The summed E-state index contributed by atoms with van der Waals surface area (Å²) in [5, 5.41) is 13.1. The van der Waals surface area contributed by atoms with Gasteiger partial charge in [0.25, 0.3) is 0 Å². The molecule has 0 spiro atoms. The van der Waals surface area contributed by atoms with Crippen molar-refractivity contribution in [2.75, 3.05) is 12.4 Å². The van der Waals surface area contributed by atoms with Gasteiger partial charge in [0, 0.05) is 30.5 Å². The lowest BCUT2D eigenvalue weighted by Gasteiger charge is -2.13. The van der Waals surface area contributed by atoms with Gasteiger partial charge in [0.1, 0.15) is 0 Å². The van der Waals surface area contributed by atoms with E-state index in [2.05, 4.69) is 22.2 Å². The number of aliphatic hydroxyl groups is 1. The summed E-state index contributed by atoms with van der Waals surface area (Å²) in [5.41, 5.74) is 1.05. The van der Waals surface area contributed by atoms with Gasteiger partial charge >= 0.3 is 0 Å². The van der Waals surface area contributed by atoms with Crippen LogP contribution < -0.4 is 5.32 Å². The normalized spacial score (nSPS) is 12.7. The first kappa shape index (κ1) is 13.4. The Morgan fingerprint density at radius 3 is 2.56 bits per heavy atom. The van der Waals surface area contributed by atoms with Crippen LogP contribution in [0.2, 0.25) is 0 Å². The minimum absolute atomic E-state index is 0.157. The number of aliphatic hydroxyl groups excluding tert-OH is 1. The quantitative estimate of drug-likeness (QED) is 0.559. The predicted octanol–water partition coefficient (Wildman–Crippen LogP) is 1.45. The maximum Gasteiger partial charge on any atom is 0.187 e. The number of thioether (sulfide) groups is 1. The Hall–Kier alpha value is -0.650. The lowest BCUT2D eigenvalue weighted by molar-refractivity contribution is 0.238. The fourth-order valence-electron chi connectivity index (χ4n) is 1.24. The van der Waals surface area contributed by atoms with Gasteiger partial charge in [-0.3, -0.25) is 0 Å². The Kier molecular flexibility index (Phi) is 6.37. The molecular weight excluding hydrogens is 222 g/mol. The van der Waals surface area contributed by atoms with Crippen molar-refractivity contribution in [3.63, 3.8) is 0 Å². The molecule has 1 heterocycles. The van der Waals surface area contributed by atoms with E-state index >= 15 is 0 Å². The van der Waals surface area contributed by atoms with Gasteiger partial charge in [-0.25, -0.2) is 9.97 Å². The van der Waals surface area contributed by atoms with E-state index in [1.807, 2.05) is 19.3 Å². The predicted molar refractivity (Wildman–Crippen MR) is 66.4 cm³/mol. The molecule has 0 saturated carbocycles. The Bertz CT molecular complexity index is 288. The van der Waals surface area contributed by atoms with E-state index in [0.29, 0.717) is 6.54 Å². The Labute approximate surface area is 101 Å². The van der Waals surface area contributed by atoms with Crippen LogP contribution in [0.25, 0.3) is 0 Å². The maximum absolute atomic E-state index is 9.02. The van der Waals surface area contributed by atoms with Crippen LogP contribution in [-0.2, 0) is 6.54 Å². The van der Waals surface area contributed by atoms with Crippen LogP contribution in [0.1, 0.15) is 25.8 Å². The molecule has 0 radical (unpaired) electrons. The molecular formula is C11H19N3OS. The van der Waals surface area contributed by atoms with Crippen LogP contribution in [0, 0.1) is 0 Å². The Balaban J connectivity index is 2.42. The molecule has 2 N–H and O–H groups in total. The van der Waals surface area contributed by atoms with Crippen LogP contribution in [0.4, 0.5) is 0 Å². The standard InChI is InChI=1S/C11H19N3OS/c1-3-10(8-15)12-5-9-6-13-11(14-7-9)16-4-2/h6-7,10,12,15H,3-5,8H2,1-2H3/t10-/m0/s1. The molecule has 0 saturated heterocycles. The van der Waals surface area contributed by atoms with Crippen molar-refractivity contribution < 1.29 is 5.11 Å². The molecule has 0 amide bonds. The topological polar surface area (TPSA) is 58.0 Å². The minimum Gasteiger partial charge on any atom is -0.395 e. The largest absolute Gasteiger partial charge is 0.395 e. The molecule has 0 aliphatic carbocycles. The zero-order chi connectivity index (χ0) is 11.8. The highest BCUT2D eigenvalue weighted by Crippen LogP contribution is 2.10. The van der Waals surface area contributed by atoms with Crippen molar-refractivity contribution in [1.29, 1.82) is 0 Å². The van der Waals surface area contributed by atoms with Crippen molar-refractivity contribution in [3.05, 3.63) is 18.0 Å². The third kappa shape index (κ3) is 4.47. The number of nitrogens with one attached hydrogen (secondary N) is 1. The molecule has 0 aliphatic heterocycles. The number of hydrogen-bond acceptors (Lipinski definition) is 5. The van der Waals surface area contributed by atoms with Gasteiger partial charge in [-0.1, -0.05) is 25.6 Å². The molecule has 1 rings (SSSR count). The zero-order valence-corrected chi connectivity index (χ0v) is 10.6. The lowest BCUT2D eigenvalue weighted by Crippen LogP contribution is -2.31. The highest BCUT2D eigenvalue weighted by Gasteiger charge is 2.03. The highest BCUT2D eigenvalue weighted by atomic mass is 32.2. The van der Waals surface area contributed by atoms with Crippen molar-refractivity contribution in [2.45, 2.75) is 38.0 Å². The van der Waals surface area contributed by atoms with Gasteiger partial charge in [0.05, 0.1) is 6.61 Å². The summed E-state index contributed by atoms with van der Waals surface area (Å²) >= 11 is 1.63. The van der Waals surface area contributed by atoms with Gasteiger partial charge in [-0.2, -0.15) is 0 Å². The molecule has 16 heavy (non-hydrogen) atoms. The molecule has 4 nitrogen and oxygen atoms in total. The van der Waals surface area contributed by atoms with Gasteiger partial charge in [-0.05, 0) is 12.2 Å². The van der Waals surface area contributed by atoms with Crippen LogP contribution >= 0.6 is 11.8 Å². The smallest absolute Gasteiger partial charge is 0.187 e. The van der Waals surface area contributed by atoms with Gasteiger partial charge in [-0.15, -0.1) is 0 Å². The summed E-state index contributed by atoms with van der Waals surface area (Å²) in [6.07, 6.45) is 4.59. The molecule has 1 aromatic rings. The van der Waals surface area contributed by atoms with E-state index in [-0.39, 0.29) is 12.6 Å². The Morgan fingerprint density at radius 2 is 2.06 bits per heavy atom. The van der Waals surface area contributed by atoms with Crippen LogP contribution in [-0.4, -0.2) is 33.5 Å². The fourth-order valence-corrected chi connectivity index (χ4v) is 1.75. The molecule has 5 heteroatoms. The zero-order valence-electron chi connectivity index (χ0n) is 9.81. The molecule has 90 valence electrons. The molecule has 0 unspecified atom stereocenters. The average molecular weight is 241 g/mol. The lowest BCUT2D eigenvalue weighted by atomic mass is 10.2. The molecule has 0 bridgehead atoms. The summed E-state index contributed by atoms with van der Waals surface area (Å²) in [6.45, 7) is 5.00. The third-order valence-corrected chi connectivity index (χ3v) is 3.02. The molecule has 1 aromatic heterocycles. The third-order valence-electron chi connectivity index (χ3n) is 2.26. The first-order valence-corrected chi connectivity index (χ1v) is 6.56. The summed E-state index contributed by atoms with van der Waals surface area (Å²) in [6, 6.07) is 0.157. The van der Waals surface area contributed by atoms with E-state index in [9.17, 15) is 0 Å². The van der Waals surface area contributed by atoms with E-state index in [1.165, 1.54) is 0 Å². The van der Waals surface area contributed by atoms with E-state index in [4.69, 9.17) is 5.11 Å². The van der Waals surface area contributed by atoms with Crippen LogP contribution in [0.5, 0.6) is 0 Å². The van der Waals surface area contributed by atoms with Gasteiger partial charge in [0.15, 0.2) is 5.16 Å². The minimum atomic E-state index is 0.157. The molecule has 0 fully saturated rings.